The average Bonchev–Trinajstić information content (AvgIpc) is 2.70. The van der Waals surface area contributed by atoms with E-state index in [1.807, 2.05) is 6.92 Å². The average molecular weight is 388 g/mol. The summed E-state index contributed by atoms with van der Waals surface area (Å²) in [7, 11) is 1.54. The number of ether oxygens (including phenoxy) is 1. The fourth-order valence-corrected chi connectivity index (χ4v) is 3.34. The lowest BCUT2D eigenvalue weighted by molar-refractivity contribution is -0.121. The SMILES string of the molecule is COc1cc(Cl)c(C)cc1NC(=O)C1CCN(C(=O)c2ccncc2)CC1. The molecule has 142 valence electrons. The van der Waals surface area contributed by atoms with E-state index in [-0.39, 0.29) is 17.7 Å². The third-order valence-electron chi connectivity index (χ3n) is 4.82. The molecule has 1 aliphatic heterocycles. The van der Waals surface area contributed by atoms with Crippen LogP contribution >= 0.6 is 11.6 Å². The zero-order valence-corrected chi connectivity index (χ0v) is 16.1. The highest BCUT2D eigenvalue weighted by Gasteiger charge is 2.28. The monoisotopic (exact) mass is 387 g/mol. The van der Waals surface area contributed by atoms with Crippen LogP contribution in [0.2, 0.25) is 5.02 Å². The Morgan fingerprint density at radius 2 is 1.89 bits per heavy atom. The lowest BCUT2D eigenvalue weighted by Crippen LogP contribution is -2.41. The van der Waals surface area contributed by atoms with Gasteiger partial charge in [-0.2, -0.15) is 0 Å². The number of nitrogens with one attached hydrogen (secondary N) is 1. The number of hydrogen-bond donors (Lipinski definition) is 1. The molecule has 1 fully saturated rings. The first-order valence-corrected chi connectivity index (χ1v) is 9.21. The number of anilines is 1. The zero-order valence-electron chi connectivity index (χ0n) is 15.4. The van der Waals surface area contributed by atoms with Crippen LogP contribution in [-0.2, 0) is 4.79 Å². The van der Waals surface area contributed by atoms with Crippen LogP contribution in [0.1, 0.15) is 28.8 Å². The standard InChI is InChI=1S/C20H22ClN3O3/c1-13-11-17(18(27-2)12-16(13)21)23-19(25)14-5-9-24(10-6-14)20(26)15-3-7-22-8-4-15/h3-4,7-8,11-12,14H,5-6,9-10H2,1-2H3,(H,23,25). The van der Waals surface area contributed by atoms with E-state index in [1.165, 1.54) is 0 Å². The summed E-state index contributed by atoms with van der Waals surface area (Å²) in [5.41, 5.74) is 2.10. The fourth-order valence-electron chi connectivity index (χ4n) is 3.19. The first kappa shape index (κ1) is 19.2. The smallest absolute Gasteiger partial charge is 0.253 e. The molecule has 2 aromatic rings. The predicted octanol–water partition coefficient (Wildman–Crippen LogP) is 3.54. The lowest BCUT2D eigenvalue weighted by atomic mass is 9.95. The van der Waals surface area contributed by atoms with E-state index in [0.717, 1.165) is 5.56 Å². The van der Waals surface area contributed by atoms with Crippen molar-refractivity contribution in [1.29, 1.82) is 0 Å². The predicted molar refractivity (Wildman–Crippen MR) is 104 cm³/mol. The highest BCUT2D eigenvalue weighted by atomic mass is 35.5. The molecule has 7 heteroatoms. The van der Waals surface area contributed by atoms with Gasteiger partial charge in [0.25, 0.3) is 5.91 Å². The van der Waals surface area contributed by atoms with Gasteiger partial charge in [0, 0.05) is 48.1 Å². The molecule has 0 unspecified atom stereocenters. The summed E-state index contributed by atoms with van der Waals surface area (Å²) in [6.07, 6.45) is 4.46. The number of carbonyl (C=O) groups excluding carboxylic acids is 2. The van der Waals surface area contributed by atoms with Gasteiger partial charge in [-0.3, -0.25) is 14.6 Å². The van der Waals surface area contributed by atoms with E-state index in [9.17, 15) is 9.59 Å². The van der Waals surface area contributed by atoms with Gasteiger partial charge in [-0.15, -0.1) is 0 Å². The lowest BCUT2D eigenvalue weighted by Gasteiger charge is -2.31. The number of halogens is 1. The van der Waals surface area contributed by atoms with Crippen molar-refractivity contribution in [2.75, 3.05) is 25.5 Å². The molecule has 1 aromatic heterocycles. The number of aryl methyl sites for hydroxylation is 1. The van der Waals surface area contributed by atoms with Crippen LogP contribution in [0.5, 0.6) is 5.75 Å². The van der Waals surface area contributed by atoms with Crippen LogP contribution in [0.15, 0.2) is 36.7 Å². The molecule has 0 saturated carbocycles. The second-order valence-corrected chi connectivity index (χ2v) is 7.00. The molecular weight excluding hydrogens is 366 g/mol. The molecule has 2 heterocycles. The van der Waals surface area contributed by atoms with Gasteiger partial charge in [-0.25, -0.2) is 0 Å². The van der Waals surface area contributed by atoms with Gasteiger partial charge >= 0.3 is 0 Å². The molecule has 2 amide bonds. The van der Waals surface area contributed by atoms with Crippen LogP contribution in [0.25, 0.3) is 0 Å². The largest absolute Gasteiger partial charge is 0.495 e. The molecule has 0 atom stereocenters. The molecule has 1 aliphatic rings. The van der Waals surface area contributed by atoms with Gasteiger partial charge < -0.3 is 15.0 Å². The first-order chi connectivity index (χ1) is 13.0. The zero-order chi connectivity index (χ0) is 19.4. The van der Waals surface area contributed by atoms with E-state index in [2.05, 4.69) is 10.3 Å². The second-order valence-electron chi connectivity index (χ2n) is 6.59. The molecular formula is C20H22ClN3O3. The van der Waals surface area contributed by atoms with Crippen molar-refractivity contribution in [3.8, 4) is 5.75 Å². The molecule has 27 heavy (non-hydrogen) atoms. The molecule has 3 rings (SSSR count). The van der Waals surface area contributed by atoms with Crippen LogP contribution in [0.3, 0.4) is 0 Å². The normalized spacial score (nSPS) is 14.7. The summed E-state index contributed by atoms with van der Waals surface area (Å²) in [5, 5.41) is 3.53. The number of nitrogens with zero attached hydrogens (tertiary/aromatic N) is 2. The number of rotatable bonds is 4. The number of likely N-dealkylation sites (tertiary alicyclic amines) is 1. The molecule has 0 aliphatic carbocycles. The Bertz CT molecular complexity index is 834. The maximum absolute atomic E-state index is 12.7. The van der Waals surface area contributed by atoms with Crippen molar-refractivity contribution in [3.63, 3.8) is 0 Å². The third-order valence-corrected chi connectivity index (χ3v) is 5.23. The topological polar surface area (TPSA) is 71.5 Å². The number of benzene rings is 1. The maximum atomic E-state index is 12.7. The Morgan fingerprint density at radius 3 is 2.52 bits per heavy atom. The Morgan fingerprint density at radius 1 is 1.22 bits per heavy atom. The number of amides is 2. The van der Waals surface area contributed by atoms with Crippen molar-refractivity contribution in [3.05, 3.63) is 52.8 Å². The van der Waals surface area contributed by atoms with Crippen LogP contribution in [0, 0.1) is 12.8 Å². The summed E-state index contributed by atoms with van der Waals surface area (Å²) in [5.74, 6) is 0.300. The van der Waals surface area contributed by atoms with Gasteiger partial charge in [0.2, 0.25) is 5.91 Å². The first-order valence-electron chi connectivity index (χ1n) is 8.84. The summed E-state index contributed by atoms with van der Waals surface area (Å²) >= 11 is 6.11. The molecule has 6 nitrogen and oxygen atoms in total. The van der Waals surface area contributed by atoms with Gasteiger partial charge in [0.15, 0.2) is 0 Å². The highest BCUT2D eigenvalue weighted by molar-refractivity contribution is 6.31. The Labute approximate surface area is 163 Å². The van der Waals surface area contributed by atoms with Gasteiger partial charge in [0.05, 0.1) is 12.8 Å². The summed E-state index contributed by atoms with van der Waals surface area (Å²) in [6, 6.07) is 6.91. The van der Waals surface area contributed by atoms with Crippen molar-refractivity contribution in [2.24, 2.45) is 5.92 Å². The van der Waals surface area contributed by atoms with Crippen LogP contribution < -0.4 is 10.1 Å². The summed E-state index contributed by atoms with van der Waals surface area (Å²) in [4.78, 5) is 30.9. The van der Waals surface area contributed by atoms with E-state index in [1.54, 1.807) is 48.7 Å². The minimum Gasteiger partial charge on any atom is -0.495 e. The number of methoxy groups -OCH3 is 1. The van der Waals surface area contributed by atoms with E-state index < -0.39 is 0 Å². The minimum atomic E-state index is -0.146. The fraction of sp³-hybridized carbons (Fsp3) is 0.350. The van der Waals surface area contributed by atoms with Crippen LogP contribution in [-0.4, -0.2) is 41.9 Å². The number of piperidine rings is 1. The molecule has 0 bridgehead atoms. The summed E-state index contributed by atoms with van der Waals surface area (Å²) < 4.78 is 5.31. The van der Waals surface area contributed by atoms with E-state index >= 15 is 0 Å². The Hall–Kier alpha value is -2.60. The Kier molecular flexibility index (Phi) is 5.96. The molecule has 1 N–H and O–H groups in total. The van der Waals surface area contributed by atoms with Crippen molar-refractivity contribution < 1.29 is 14.3 Å². The molecule has 1 saturated heterocycles. The van der Waals surface area contributed by atoms with Crippen molar-refractivity contribution in [1.82, 2.24) is 9.88 Å². The van der Waals surface area contributed by atoms with Crippen molar-refractivity contribution in [2.45, 2.75) is 19.8 Å². The van der Waals surface area contributed by atoms with Gasteiger partial charge in [-0.05, 0) is 43.5 Å². The van der Waals surface area contributed by atoms with Crippen LogP contribution in [0.4, 0.5) is 5.69 Å². The second kappa shape index (κ2) is 8.39. The summed E-state index contributed by atoms with van der Waals surface area (Å²) in [6.45, 7) is 2.98. The number of carbonyl (C=O) groups is 2. The molecule has 0 spiro atoms. The quantitative estimate of drug-likeness (QED) is 0.870. The number of pyridine rings is 1. The van der Waals surface area contributed by atoms with E-state index in [0.29, 0.717) is 48.0 Å². The highest BCUT2D eigenvalue weighted by Crippen LogP contribution is 2.32. The molecule has 0 radical (unpaired) electrons. The molecule has 1 aromatic carbocycles. The van der Waals surface area contributed by atoms with Gasteiger partial charge in [0.1, 0.15) is 5.75 Å². The maximum Gasteiger partial charge on any atom is 0.253 e. The number of hydrogen-bond acceptors (Lipinski definition) is 4. The number of aromatic nitrogens is 1. The van der Waals surface area contributed by atoms with Crippen molar-refractivity contribution >= 4 is 29.1 Å². The minimum absolute atomic E-state index is 0.0220. The van der Waals surface area contributed by atoms with E-state index in [4.69, 9.17) is 16.3 Å². The van der Waals surface area contributed by atoms with Gasteiger partial charge in [-0.1, -0.05) is 11.6 Å². The third kappa shape index (κ3) is 4.39. The Balaban J connectivity index is 1.61.